The number of nitrogen functional groups attached to an aromatic ring is 2. The van der Waals surface area contributed by atoms with Crippen LogP contribution in [0, 0.1) is 0 Å². The van der Waals surface area contributed by atoms with Gasteiger partial charge in [-0.1, -0.05) is 0 Å². The summed E-state index contributed by atoms with van der Waals surface area (Å²) in [4.78, 5) is 53.2. The highest BCUT2D eigenvalue weighted by Gasteiger charge is 2.66. The molecule has 2 unspecified atom stereocenters. The molecule has 46 heavy (non-hydrogen) atoms. The average molecular weight is 703 g/mol. The number of imidazole rings is 2. The van der Waals surface area contributed by atoms with Crippen LogP contribution in [0.2, 0.25) is 0 Å². The third kappa shape index (κ3) is 4.80. The van der Waals surface area contributed by atoms with Gasteiger partial charge in [-0.15, -0.1) is 0 Å². The summed E-state index contributed by atoms with van der Waals surface area (Å²) in [7, 11) is -4.98. The molecule has 4 aliphatic rings. The molecule has 246 valence electrons. The zero-order valence-corrected chi connectivity index (χ0v) is 25.7. The standard InChI is InChI=1S/C22H24FN9O11P2S/c23-10-9-3-38-44(34,35)43-15-14-20(31-6-27-11-8(24)1-2-26-16(11)31)41-22(15,4-37-14)5-39-45(36,46)42-13(10)19(40-9)32-7-28-12-17(32)29-21(25)30-18(12)33/h1-2,6-7,9-10,13-15,19-20H,3-5H2,(H2,24,26)(H,34,35)(H,36,46)(H3,25,29,30,33)/t9-,10-,13-,14-,15+,19-,20-,22-,45?/m1/s1. The summed E-state index contributed by atoms with van der Waals surface area (Å²) in [6, 6.07) is 1.57. The van der Waals surface area contributed by atoms with Crippen LogP contribution in [0.1, 0.15) is 12.5 Å². The molecule has 0 spiro atoms. The number of fused-ring (bicyclic) bond motifs is 4. The Bertz CT molecular complexity index is 2030. The van der Waals surface area contributed by atoms with E-state index in [1.165, 1.54) is 17.1 Å². The minimum absolute atomic E-state index is 0.0948. The zero-order chi connectivity index (χ0) is 32.2. The number of halogens is 1. The van der Waals surface area contributed by atoms with E-state index >= 15 is 4.39 Å². The number of aromatic amines is 1. The second-order valence-electron chi connectivity index (χ2n) is 11.0. The Hall–Kier alpha value is -2.98. The van der Waals surface area contributed by atoms with Crippen LogP contribution in [0.4, 0.5) is 16.0 Å². The van der Waals surface area contributed by atoms with E-state index in [1.54, 1.807) is 6.07 Å². The summed E-state index contributed by atoms with van der Waals surface area (Å²) < 4.78 is 72.1. The largest absolute Gasteiger partial charge is 0.472 e. The van der Waals surface area contributed by atoms with Gasteiger partial charge in [-0.2, -0.15) is 4.98 Å². The van der Waals surface area contributed by atoms with Crippen LogP contribution >= 0.6 is 14.5 Å². The van der Waals surface area contributed by atoms with E-state index in [4.69, 9.17) is 55.6 Å². The van der Waals surface area contributed by atoms with Gasteiger partial charge in [-0.05, 0) is 17.9 Å². The van der Waals surface area contributed by atoms with Crippen molar-refractivity contribution in [2.75, 3.05) is 31.3 Å². The molecule has 8 heterocycles. The number of H-pyrrole nitrogens is 1. The molecule has 8 rings (SSSR count). The summed E-state index contributed by atoms with van der Waals surface area (Å²) in [5, 5.41) is 0. The Balaban J connectivity index is 1.14. The number of alkyl halides is 1. The van der Waals surface area contributed by atoms with E-state index in [1.807, 2.05) is 0 Å². The molecule has 0 saturated carbocycles. The van der Waals surface area contributed by atoms with Gasteiger partial charge in [0, 0.05) is 6.20 Å². The van der Waals surface area contributed by atoms with Gasteiger partial charge in [0.1, 0.15) is 35.5 Å². The third-order valence-electron chi connectivity index (χ3n) is 8.10. The van der Waals surface area contributed by atoms with E-state index in [-0.39, 0.29) is 23.7 Å². The molecule has 10 atom stereocenters. The molecule has 4 aromatic rings. The van der Waals surface area contributed by atoms with E-state index in [2.05, 4.69) is 24.9 Å². The number of hydrogen-bond donors (Lipinski definition) is 5. The minimum atomic E-state index is -4.98. The number of phosphoric ester groups is 1. The summed E-state index contributed by atoms with van der Waals surface area (Å²) in [5.41, 5.74) is 10.2. The Morgan fingerprint density at radius 1 is 1.04 bits per heavy atom. The Kier molecular flexibility index (Phi) is 6.94. The van der Waals surface area contributed by atoms with Crippen LogP contribution < -0.4 is 17.0 Å². The lowest BCUT2D eigenvalue weighted by atomic mass is 10.0. The first-order valence-corrected chi connectivity index (χ1v) is 17.6. The van der Waals surface area contributed by atoms with Crippen molar-refractivity contribution in [3.63, 3.8) is 0 Å². The second-order valence-corrected chi connectivity index (χ2v) is 15.2. The van der Waals surface area contributed by atoms with Gasteiger partial charge < -0.3 is 40.0 Å². The highest BCUT2D eigenvalue weighted by Crippen LogP contribution is 2.58. The van der Waals surface area contributed by atoms with Gasteiger partial charge in [0.15, 0.2) is 35.4 Å². The molecule has 4 aliphatic heterocycles. The van der Waals surface area contributed by atoms with E-state index < -0.39 is 82.0 Å². The van der Waals surface area contributed by atoms with Crippen molar-refractivity contribution in [1.29, 1.82) is 0 Å². The maximum absolute atomic E-state index is 15.9. The quantitative estimate of drug-likeness (QED) is 0.169. The average Bonchev–Trinajstić information content (AvgIpc) is 3.80. The third-order valence-corrected chi connectivity index (χ3v) is 10.6. The molecule has 4 fully saturated rings. The molecule has 0 aliphatic carbocycles. The maximum Gasteiger partial charge on any atom is 0.472 e. The molecular formula is C22H24FN9O11P2S. The van der Waals surface area contributed by atoms with E-state index in [0.717, 1.165) is 10.9 Å². The van der Waals surface area contributed by atoms with Crippen LogP contribution in [0.5, 0.6) is 0 Å². The topological polar surface area (TPSA) is 268 Å². The molecule has 0 amide bonds. The number of anilines is 2. The van der Waals surface area contributed by atoms with Gasteiger partial charge in [0.25, 0.3) is 5.56 Å². The van der Waals surface area contributed by atoms with Crippen molar-refractivity contribution < 1.29 is 51.0 Å². The summed E-state index contributed by atoms with van der Waals surface area (Å²) in [6.45, 7) is -5.96. The van der Waals surface area contributed by atoms with Crippen molar-refractivity contribution in [2.24, 2.45) is 0 Å². The lowest BCUT2D eigenvalue weighted by Gasteiger charge is -2.33. The number of nitrogens with one attached hydrogen (secondary N) is 1. The first-order chi connectivity index (χ1) is 21.8. The second kappa shape index (κ2) is 10.5. The van der Waals surface area contributed by atoms with Crippen LogP contribution in [-0.4, -0.2) is 99.9 Å². The smallest absolute Gasteiger partial charge is 0.397 e. The number of nitrogens with zero attached hydrogens (tertiary/aromatic N) is 6. The number of phosphoric acid groups is 1. The SMILES string of the molecule is Nc1nc2c(ncn2[C@@H]2O[C@@H]3COP(=O)(O)O[C@H]4[C@H]5OC[C@]4(COP(O)(=S)O[C@@H]2[C@@H]3F)O[C@H]5n2cnc3c(N)ccnc32)c(=O)[nH]1. The maximum atomic E-state index is 15.9. The molecule has 0 aromatic carbocycles. The molecule has 24 heteroatoms. The molecule has 7 N–H and O–H groups in total. The summed E-state index contributed by atoms with van der Waals surface area (Å²) in [6.07, 6.45) is -6.17. The Morgan fingerprint density at radius 3 is 2.61 bits per heavy atom. The minimum Gasteiger partial charge on any atom is -0.397 e. The first kappa shape index (κ1) is 30.4. The van der Waals surface area contributed by atoms with Crippen LogP contribution in [0.15, 0.2) is 29.7 Å². The van der Waals surface area contributed by atoms with Crippen molar-refractivity contribution >= 4 is 60.3 Å². The van der Waals surface area contributed by atoms with Crippen molar-refractivity contribution in [3.8, 4) is 0 Å². The van der Waals surface area contributed by atoms with Gasteiger partial charge >= 0.3 is 14.5 Å². The number of hydrogen-bond acceptors (Lipinski definition) is 16. The number of nitrogens with two attached hydrogens (primary N) is 2. The number of rotatable bonds is 2. The lowest BCUT2D eigenvalue weighted by molar-refractivity contribution is -0.183. The van der Waals surface area contributed by atoms with E-state index in [9.17, 15) is 19.1 Å². The Labute approximate surface area is 260 Å². The van der Waals surface area contributed by atoms with Gasteiger partial charge in [-0.25, -0.2) is 23.9 Å². The van der Waals surface area contributed by atoms with Gasteiger partial charge in [0.2, 0.25) is 5.95 Å². The van der Waals surface area contributed by atoms with Crippen LogP contribution in [-0.2, 0) is 48.7 Å². The van der Waals surface area contributed by atoms with Crippen molar-refractivity contribution in [1.82, 2.24) is 34.1 Å². The van der Waals surface area contributed by atoms with Crippen LogP contribution in [0.25, 0.3) is 22.3 Å². The monoisotopic (exact) mass is 703 g/mol. The molecule has 4 saturated heterocycles. The predicted octanol–water partition coefficient (Wildman–Crippen LogP) is -0.235. The number of aromatic nitrogens is 7. The first-order valence-electron chi connectivity index (χ1n) is 13.5. The fourth-order valence-corrected chi connectivity index (χ4v) is 8.45. The zero-order valence-electron chi connectivity index (χ0n) is 23.1. The van der Waals surface area contributed by atoms with Crippen molar-refractivity contribution in [3.05, 3.63) is 35.3 Å². The summed E-state index contributed by atoms with van der Waals surface area (Å²) in [5.74, 6) is -0.258. The lowest BCUT2D eigenvalue weighted by Crippen LogP contribution is -2.45. The molecule has 20 nitrogen and oxygen atoms in total. The fourth-order valence-electron chi connectivity index (χ4n) is 6.03. The normalized spacial score (nSPS) is 39.7. The molecule has 4 bridgehead atoms. The van der Waals surface area contributed by atoms with E-state index in [0.29, 0.717) is 16.9 Å². The van der Waals surface area contributed by atoms with Crippen molar-refractivity contribution in [2.45, 2.75) is 48.6 Å². The Morgan fingerprint density at radius 2 is 1.80 bits per heavy atom. The molecular weight excluding hydrogens is 679 g/mol. The number of pyridine rings is 1. The summed E-state index contributed by atoms with van der Waals surface area (Å²) >= 11 is 5.27. The molecule has 0 radical (unpaired) electrons. The van der Waals surface area contributed by atoms with Gasteiger partial charge in [-0.3, -0.25) is 32.5 Å². The van der Waals surface area contributed by atoms with Gasteiger partial charge in [0.05, 0.1) is 38.2 Å². The van der Waals surface area contributed by atoms with Crippen LogP contribution in [0.3, 0.4) is 0 Å². The number of ether oxygens (including phenoxy) is 3. The fraction of sp³-hybridized carbons (Fsp3) is 0.500. The highest BCUT2D eigenvalue weighted by molar-refractivity contribution is 8.07. The molecule has 4 aromatic heterocycles. The predicted molar refractivity (Wildman–Crippen MR) is 154 cm³/mol. The highest BCUT2D eigenvalue weighted by atomic mass is 32.5.